The van der Waals surface area contributed by atoms with Gasteiger partial charge in [-0.2, -0.15) is 0 Å². The van der Waals surface area contributed by atoms with Gasteiger partial charge in [0.25, 0.3) is 0 Å². The lowest BCUT2D eigenvalue weighted by molar-refractivity contribution is 0.571. The fraction of sp³-hybridized carbons (Fsp3) is 0.692. The first-order valence-corrected chi connectivity index (χ1v) is 7.34. The van der Waals surface area contributed by atoms with Crippen LogP contribution in [0.5, 0.6) is 0 Å². The standard InChI is InChI=1S/C13H22N4S/c1-13(2,3)10-8-18-11(17-10)6-7-15-12(14)16-9-4-5-9/h8-9H,4-7H2,1-3H3,(H3,14,15,16). The molecule has 1 heterocycles. The summed E-state index contributed by atoms with van der Waals surface area (Å²) in [6, 6.07) is 0.570. The summed E-state index contributed by atoms with van der Waals surface area (Å²) in [5, 5.41) is 6.47. The second-order valence-corrected chi connectivity index (χ2v) is 6.75. The molecule has 0 bridgehead atoms. The average molecular weight is 266 g/mol. The largest absolute Gasteiger partial charge is 0.370 e. The number of nitrogens with two attached hydrogens (primary N) is 1. The molecule has 0 amide bonds. The first-order chi connectivity index (χ1) is 8.45. The van der Waals surface area contributed by atoms with Gasteiger partial charge >= 0.3 is 0 Å². The number of hydrogen-bond donors (Lipinski definition) is 2. The highest BCUT2D eigenvalue weighted by Crippen LogP contribution is 2.24. The number of aromatic nitrogens is 1. The van der Waals surface area contributed by atoms with Crippen LogP contribution in [0.15, 0.2) is 10.4 Å². The van der Waals surface area contributed by atoms with E-state index in [4.69, 9.17) is 5.73 Å². The minimum atomic E-state index is 0.130. The molecule has 0 atom stereocenters. The highest BCUT2D eigenvalue weighted by atomic mass is 32.1. The summed E-state index contributed by atoms with van der Waals surface area (Å²) in [6.45, 7) is 7.26. The van der Waals surface area contributed by atoms with Crippen LogP contribution in [-0.2, 0) is 11.8 Å². The first kappa shape index (κ1) is 13.3. The molecule has 1 saturated carbocycles. The first-order valence-electron chi connectivity index (χ1n) is 6.46. The van der Waals surface area contributed by atoms with Crippen LogP contribution in [0.4, 0.5) is 0 Å². The molecule has 0 radical (unpaired) electrons. The number of nitrogens with zero attached hydrogens (tertiary/aromatic N) is 2. The Kier molecular flexibility index (Phi) is 3.90. The average Bonchev–Trinajstić information content (AvgIpc) is 2.93. The third-order valence-corrected chi connectivity index (χ3v) is 3.77. The van der Waals surface area contributed by atoms with Crippen LogP contribution in [0, 0.1) is 0 Å². The van der Waals surface area contributed by atoms with Crippen molar-refractivity contribution in [2.24, 2.45) is 10.7 Å². The molecule has 3 N–H and O–H groups in total. The van der Waals surface area contributed by atoms with Gasteiger partial charge in [0.15, 0.2) is 5.96 Å². The molecular weight excluding hydrogens is 244 g/mol. The van der Waals surface area contributed by atoms with E-state index in [0.717, 1.165) is 17.1 Å². The van der Waals surface area contributed by atoms with E-state index in [2.05, 4.69) is 41.4 Å². The summed E-state index contributed by atoms with van der Waals surface area (Å²) in [5.41, 5.74) is 7.07. The van der Waals surface area contributed by atoms with Crippen LogP contribution in [0.2, 0.25) is 0 Å². The van der Waals surface area contributed by atoms with Gasteiger partial charge in [0.05, 0.1) is 10.7 Å². The normalized spacial score (nSPS) is 16.9. The molecule has 0 spiro atoms. The molecule has 1 fully saturated rings. The van der Waals surface area contributed by atoms with E-state index in [-0.39, 0.29) is 5.41 Å². The number of guanidine groups is 1. The van der Waals surface area contributed by atoms with E-state index in [1.54, 1.807) is 11.3 Å². The van der Waals surface area contributed by atoms with Crippen molar-refractivity contribution in [1.82, 2.24) is 10.3 Å². The van der Waals surface area contributed by atoms with E-state index < -0.39 is 0 Å². The molecule has 0 aliphatic heterocycles. The Balaban J connectivity index is 1.80. The van der Waals surface area contributed by atoms with Crippen LogP contribution in [0.3, 0.4) is 0 Å². The Hall–Kier alpha value is -1.10. The predicted octanol–water partition coefficient (Wildman–Crippen LogP) is 2.05. The molecule has 1 aliphatic carbocycles. The molecule has 1 aromatic heterocycles. The Morgan fingerprint density at radius 3 is 2.83 bits per heavy atom. The zero-order valence-corrected chi connectivity index (χ0v) is 12.2. The van der Waals surface area contributed by atoms with Crippen LogP contribution in [0.25, 0.3) is 0 Å². The second kappa shape index (κ2) is 5.26. The molecule has 100 valence electrons. The van der Waals surface area contributed by atoms with Crippen molar-refractivity contribution >= 4 is 17.3 Å². The summed E-state index contributed by atoms with van der Waals surface area (Å²) >= 11 is 1.71. The molecule has 0 saturated heterocycles. The topological polar surface area (TPSA) is 63.3 Å². The summed E-state index contributed by atoms with van der Waals surface area (Å²) in [6.07, 6.45) is 3.31. The number of aliphatic imine (C=N–C) groups is 1. The second-order valence-electron chi connectivity index (χ2n) is 5.81. The number of thiazole rings is 1. The Morgan fingerprint density at radius 1 is 1.56 bits per heavy atom. The SMILES string of the molecule is CC(C)(C)c1csc(CCN=C(N)NC2CC2)n1. The van der Waals surface area contributed by atoms with Crippen molar-refractivity contribution in [2.75, 3.05) is 6.54 Å². The molecule has 4 nitrogen and oxygen atoms in total. The van der Waals surface area contributed by atoms with Gasteiger partial charge in [0, 0.05) is 29.8 Å². The van der Waals surface area contributed by atoms with Crippen molar-refractivity contribution < 1.29 is 0 Å². The zero-order valence-electron chi connectivity index (χ0n) is 11.4. The molecular formula is C13H22N4S. The van der Waals surface area contributed by atoms with Crippen molar-refractivity contribution in [3.8, 4) is 0 Å². The fourth-order valence-corrected chi connectivity index (χ4v) is 2.54. The maximum absolute atomic E-state index is 5.78. The molecule has 1 aliphatic rings. The monoisotopic (exact) mass is 266 g/mol. The smallest absolute Gasteiger partial charge is 0.188 e. The number of hydrogen-bond acceptors (Lipinski definition) is 3. The summed E-state index contributed by atoms with van der Waals surface area (Å²) < 4.78 is 0. The lowest BCUT2D eigenvalue weighted by Crippen LogP contribution is -2.33. The van der Waals surface area contributed by atoms with Crippen molar-refractivity contribution in [3.05, 3.63) is 16.1 Å². The predicted molar refractivity (Wildman–Crippen MR) is 77.2 cm³/mol. The lowest BCUT2D eigenvalue weighted by atomic mass is 9.93. The van der Waals surface area contributed by atoms with Crippen molar-refractivity contribution in [2.45, 2.75) is 51.5 Å². The fourth-order valence-electron chi connectivity index (χ4n) is 1.52. The van der Waals surface area contributed by atoms with Gasteiger partial charge in [-0.25, -0.2) is 4.98 Å². The van der Waals surface area contributed by atoms with Gasteiger partial charge < -0.3 is 11.1 Å². The summed E-state index contributed by atoms with van der Waals surface area (Å²) in [7, 11) is 0. The number of nitrogens with one attached hydrogen (secondary N) is 1. The van der Waals surface area contributed by atoms with E-state index in [9.17, 15) is 0 Å². The highest BCUT2D eigenvalue weighted by molar-refractivity contribution is 7.09. The zero-order chi connectivity index (χ0) is 13.2. The molecule has 0 unspecified atom stereocenters. The van der Waals surface area contributed by atoms with E-state index in [1.807, 2.05) is 0 Å². The number of rotatable bonds is 4. The van der Waals surface area contributed by atoms with Crippen LogP contribution >= 0.6 is 11.3 Å². The molecule has 0 aromatic carbocycles. The maximum Gasteiger partial charge on any atom is 0.188 e. The van der Waals surface area contributed by atoms with Gasteiger partial charge in [-0.05, 0) is 12.8 Å². The van der Waals surface area contributed by atoms with E-state index in [1.165, 1.54) is 12.8 Å². The minimum Gasteiger partial charge on any atom is -0.370 e. The van der Waals surface area contributed by atoms with Crippen LogP contribution in [-0.4, -0.2) is 23.5 Å². The third kappa shape index (κ3) is 3.98. The summed E-state index contributed by atoms with van der Waals surface area (Å²) in [5.74, 6) is 0.574. The lowest BCUT2D eigenvalue weighted by Gasteiger charge is -2.14. The molecule has 5 heteroatoms. The summed E-state index contributed by atoms with van der Waals surface area (Å²) in [4.78, 5) is 8.96. The van der Waals surface area contributed by atoms with Crippen molar-refractivity contribution in [3.63, 3.8) is 0 Å². The Labute approximate surface area is 113 Å². The van der Waals surface area contributed by atoms with Crippen molar-refractivity contribution in [1.29, 1.82) is 0 Å². The van der Waals surface area contributed by atoms with Gasteiger partial charge in [-0.1, -0.05) is 20.8 Å². The molecule has 1 aromatic rings. The highest BCUT2D eigenvalue weighted by Gasteiger charge is 2.21. The quantitative estimate of drug-likeness (QED) is 0.647. The van der Waals surface area contributed by atoms with Crippen LogP contribution in [0.1, 0.15) is 44.3 Å². The molecule has 18 heavy (non-hydrogen) atoms. The third-order valence-electron chi connectivity index (χ3n) is 2.86. The maximum atomic E-state index is 5.78. The minimum absolute atomic E-state index is 0.130. The molecule has 2 rings (SSSR count). The Morgan fingerprint density at radius 2 is 2.28 bits per heavy atom. The van der Waals surface area contributed by atoms with Gasteiger partial charge in [0.2, 0.25) is 0 Å². The van der Waals surface area contributed by atoms with Gasteiger partial charge in [-0.15, -0.1) is 11.3 Å². The van der Waals surface area contributed by atoms with E-state index in [0.29, 0.717) is 18.5 Å². The van der Waals surface area contributed by atoms with Crippen LogP contribution < -0.4 is 11.1 Å². The van der Waals surface area contributed by atoms with Gasteiger partial charge in [0.1, 0.15) is 0 Å². The van der Waals surface area contributed by atoms with Gasteiger partial charge in [-0.3, -0.25) is 4.99 Å². The van der Waals surface area contributed by atoms with E-state index >= 15 is 0 Å². The Bertz CT molecular complexity index is 426.